The summed E-state index contributed by atoms with van der Waals surface area (Å²) in [6.07, 6.45) is -1.73. The fourth-order valence-electron chi connectivity index (χ4n) is 0.902. The minimum atomic E-state index is -1.63. The zero-order valence-corrected chi connectivity index (χ0v) is 14.2. The highest BCUT2D eigenvalue weighted by atomic mass is 16.4. The van der Waals surface area contributed by atoms with Crippen LogP contribution in [0.5, 0.6) is 0 Å². The summed E-state index contributed by atoms with van der Waals surface area (Å²) in [5, 5.41) is 48.2. The van der Waals surface area contributed by atoms with Gasteiger partial charge in [-0.25, -0.2) is 4.79 Å². The molecule has 1 amide bonds. The summed E-state index contributed by atoms with van der Waals surface area (Å²) in [6.45, 7) is -0.727. The summed E-state index contributed by atoms with van der Waals surface area (Å²) < 4.78 is 0. The first-order valence-electron chi connectivity index (χ1n) is 7.24. The number of hydrogen-bond donors (Lipinski definition) is 9. The van der Waals surface area contributed by atoms with Crippen molar-refractivity contribution in [3.05, 3.63) is 0 Å². The normalized spacial score (nSPS) is 12.7. The molecule has 12 N–H and O–H groups in total. The quantitative estimate of drug-likeness (QED) is 0.171. The van der Waals surface area contributed by atoms with Crippen molar-refractivity contribution >= 4 is 29.8 Å². The van der Waals surface area contributed by atoms with Crippen LogP contribution in [0.3, 0.4) is 0 Å². The number of aliphatic carboxylic acids is 4. The maximum Gasteiger partial charge on any atom is 0.334 e. The predicted octanol–water partition coefficient (Wildman–Crippen LogP) is -3.65. The van der Waals surface area contributed by atoms with Crippen LogP contribution in [0.15, 0.2) is 0 Å². The molecule has 0 aromatic carbocycles. The second-order valence-corrected chi connectivity index (χ2v) is 4.86. The number of rotatable bonds is 10. The van der Waals surface area contributed by atoms with Gasteiger partial charge in [-0.05, 0) is 12.8 Å². The van der Waals surface area contributed by atoms with Crippen LogP contribution >= 0.6 is 0 Å². The van der Waals surface area contributed by atoms with Gasteiger partial charge in [-0.2, -0.15) is 0 Å². The molecule has 3 atom stereocenters. The van der Waals surface area contributed by atoms with E-state index >= 15 is 0 Å². The maximum atomic E-state index is 10.1. The van der Waals surface area contributed by atoms with E-state index in [1.165, 1.54) is 0 Å². The van der Waals surface area contributed by atoms with Gasteiger partial charge in [0.05, 0.1) is 6.61 Å². The van der Waals surface area contributed by atoms with E-state index in [0.717, 1.165) is 0 Å². The summed E-state index contributed by atoms with van der Waals surface area (Å²) in [4.78, 5) is 49.5. The minimum Gasteiger partial charge on any atom is -0.481 e. The molecule has 0 spiro atoms. The van der Waals surface area contributed by atoms with Gasteiger partial charge in [0.25, 0.3) is 0 Å². The summed E-state index contributed by atoms with van der Waals surface area (Å²) in [7, 11) is 0. The first-order chi connectivity index (χ1) is 12.3. The van der Waals surface area contributed by atoms with Crippen LogP contribution in [0, 0.1) is 0 Å². The topological polar surface area (TPSA) is 285 Å². The fraction of sp³-hybridized carbons (Fsp3) is 0.615. The van der Waals surface area contributed by atoms with Crippen molar-refractivity contribution in [2.24, 2.45) is 17.2 Å². The number of carbonyl (C=O) groups is 5. The maximum absolute atomic E-state index is 10.1. The first kappa shape index (κ1) is 29.0. The Morgan fingerprint density at radius 3 is 1.30 bits per heavy atom. The Balaban J connectivity index is -0.000000326. The van der Waals surface area contributed by atoms with Crippen LogP contribution in [-0.2, 0) is 24.0 Å². The first-order valence-corrected chi connectivity index (χ1v) is 7.24. The molecule has 27 heavy (non-hydrogen) atoms. The highest BCUT2D eigenvalue weighted by Gasteiger charge is 2.12. The number of carboxylic acid groups (broad SMARTS) is 4. The van der Waals surface area contributed by atoms with Gasteiger partial charge in [-0.3, -0.25) is 19.2 Å². The molecule has 0 aromatic rings. The van der Waals surface area contributed by atoms with Crippen molar-refractivity contribution in [3.63, 3.8) is 0 Å². The van der Waals surface area contributed by atoms with E-state index in [1.807, 2.05) is 0 Å². The smallest absolute Gasteiger partial charge is 0.334 e. The van der Waals surface area contributed by atoms with Crippen molar-refractivity contribution in [1.29, 1.82) is 0 Å². The summed E-state index contributed by atoms with van der Waals surface area (Å²) in [6, 6.07) is -2.04. The van der Waals surface area contributed by atoms with E-state index in [-0.39, 0.29) is 25.7 Å². The minimum absolute atomic E-state index is 0.0213. The molecule has 0 aliphatic carbocycles. The standard InChI is InChI=1S/C5H10N2O3.C5H9NO4.C3H6O4/c2*6-3(5(9)10)1-2-4(7)8;4-1-2(5)3(6)7/h3H,1-2,6H2,(H2,7,8)(H,9,10);3H,1-2,6H2,(H,7,8)(H,9,10);2,4-5H,1H2,(H,6,7)/t2*3-;/m00./s1. The fourth-order valence-corrected chi connectivity index (χ4v) is 0.902. The lowest BCUT2D eigenvalue weighted by atomic mass is 10.2. The lowest BCUT2D eigenvalue weighted by Crippen LogP contribution is -2.31. The third-order valence-corrected chi connectivity index (χ3v) is 2.46. The molecule has 0 heterocycles. The Morgan fingerprint density at radius 2 is 1.11 bits per heavy atom. The Morgan fingerprint density at radius 1 is 0.741 bits per heavy atom. The van der Waals surface area contributed by atoms with Crippen LogP contribution in [0.25, 0.3) is 0 Å². The van der Waals surface area contributed by atoms with Gasteiger partial charge in [0, 0.05) is 12.8 Å². The van der Waals surface area contributed by atoms with E-state index in [4.69, 9.17) is 47.8 Å². The van der Waals surface area contributed by atoms with E-state index in [2.05, 4.69) is 0 Å². The van der Waals surface area contributed by atoms with Crippen LogP contribution < -0.4 is 17.2 Å². The van der Waals surface area contributed by atoms with E-state index in [9.17, 15) is 24.0 Å². The summed E-state index contributed by atoms with van der Waals surface area (Å²) in [5.74, 6) is -5.24. The number of aliphatic hydroxyl groups excluding tert-OH is 2. The Kier molecular flexibility index (Phi) is 17.9. The van der Waals surface area contributed by atoms with Crippen LogP contribution in [0.2, 0.25) is 0 Å². The SMILES string of the molecule is NC(=O)CC[C@H](N)C(=O)O.N[C@@H](CCC(=O)O)C(=O)O.O=C(O)C(O)CO. The lowest BCUT2D eigenvalue weighted by Gasteiger charge is -2.01. The highest BCUT2D eigenvalue weighted by molar-refractivity contribution is 5.77. The number of nitrogens with two attached hydrogens (primary N) is 3. The molecule has 0 saturated heterocycles. The molecule has 0 fully saturated rings. The number of hydrogen-bond acceptors (Lipinski definition) is 9. The van der Waals surface area contributed by atoms with Gasteiger partial charge < -0.3 is 47.8 Å². The number of primary amides is 1. The monoisotopic (exact) mass is 399 g/mol. The Hall–Kier alpha value is -2.81. The molecule has 0 aliphatic rings. The third-order valence-electron chi connectivity index (χ3n) is 2.46. The zero-order chi connectivity index (χ0) is 22.2. The van der Waals surface area contributed by atoms with Gasteiger partial charge in [0.1, 0.15) is 12.1 Å². The molecule has 0 aromatic heterocycles. The number of aliphatic hydroxyl groups is 2. The molecule has 14 heteroatoms. The molecular weight excluding hydrogens is 374 g/mol. The van der Waals surface area contributed by atoms with Crippen LogP contribution in [-0.4, -0.2) is 85.2 Å². The molecule has 158 valence electrons. The third kappa shape index (κ3) is 23.2. The van der Waals surface area contributed by atoms with Gasteiger partial charge in [0.2, 0.25) is 5.91 Å². The number of carboxylic acids is 4. The Labute approximate surface area is 153 Å². The lowest BCUT2D eigenvalue weighted by molar-refractivity contribution is -0.148. The van der Waals surface area contributed by atoms with E-state index in [1.54, 1.807) is 0 Å². The molecule has 0 rings (SSSR count). The molecule has 0 radical (unpaired) electrons. The molecule has 0 aliphatic heterocycles. The Bertz CT molecular complexity index is 464. The van der Waals surface area contributed by atoms with Crippen LogP contribution in [0.4, 0.5) is 0 Å². The zero-order valence-electron chi connectivity index (χ0n) is 14.2. The van der Waals surface area contributed by atoms with Crippen molar-refractivity contribution in [2.45, 2.75) is 43.9 Å². The number of carbonyl (C=O) groups excluding carboxylic acids is 1. The average molecular weight is 399 g/mol. The molecule has 1 unspecified atom stereocenters. The second kappa shape index (κ2) is 16.6. The molecular formula is C13H25N3O11. The van der Waals surface area contributed by atoms with Gasteiger partial charge in [0.15, 0.2) is 6.10 Å². The highest BCUT2D eigenvalue weighted by Crippen LogP contribution is 1.93. The van der Waals surface area contributed by atoms with Crippen molar-refractivity contribution in [3.8, 4) is 0 Å². The average Bonchev–Trinajstić information content (AvgIpc) is 2.57. The molecule has 0 bridgehead atoms. The van der Waals surface area contributed by atoms with E-state index < -0.39 is 54.6 Å². The predicted molar refractivity (Wildman–Crippen MR) is 87.2 cm³/mol. The van der Waals surface area contributed by atoms with Gasteiger partial charge in [-0.1, -0.05) is 0 Å². The summed E-state index contributed by atoms with van der Waals surface area (Å²) >= 11 is 0. The summed E-state index contributed by atoms with van der Waals surface area (Å²) in [5.41, 5.74) is 14.8. The largest absolute Gasteiger partial charge is 0.481 e. The van der Waals surface area contributed by atoms with Crippen molar-refractivity contribution in [2.75, 3.05) is 6.61 Å². The van der Waals surface area contributed by atoms with Gasteiger partial charge in [-0.15, -0.1) is 0 Å². The van der Waals surface area contributed by atoms with Crippen LogP contribution in [0.1, 0.15) is 25.7 Å². The van der Waals surface area contributed by atoms with Crippen molar-refractivity contribution in [1.82, 2.24) is 0 Å². The van der Waals surface area contributed by atoms with Gasteiger partial charge >= 0.3 is 23.9 Å². The molecule has 0 saturated carbocycles. The number of amides is 1. The van der Waals surface area contributed by atoms with Crippen molar-refractivity contribution < 1.29 is 54.6 Å². The second-order valence-electron chi connectivity index (χ2n) is 4.86. The molecule has 14 nitrogen and oxygen atoms in total. The van der Waals surface area contributed by atoms with E-state index in [0.29, 0.717) is 0 Å².